The Morgan fingerprint density at radius 1 is 1.29 bits per heavy atom. The third-order valence-corrected chi connectivity index (χ3v) is 7.67. The van der Waals surface area contributed by atoms with Crippen molar-refractivity contribution in [3.8, 4) is 0 Å². The number of carbonyl (C=O) groups excluding carboxylic acids is 1. The smallest absolute Gasteiger partial charge is 0.220 e. The number of likely N-dealkylation sites (tertiary alicyclic amines) is 1. The molecule has 2 heterocycles. The Bertz CT molecular complexity index is 864. The predicted molar refractivity (Wildman–Crippen MR) is 113 cm³/mol. The summed E-state index contributed by atoms with van der Waals surface area (Å²) in [6, 6.07) is 9.37. The quantitative estimate of drug-likeness (QED) is 0.827. The Morgan fingerprint density at radius 3 is 2.79 bits per heavy atom. The third kappa shape index (κ3) is 3.62. The largest absolute Gasteiger partial charge is 0.353 e. The first kappa shape index (κ1) is 18.3. The molecule has 2 fully saturated rings. The number of piperidine rings is 1. The van der Waals surface area contributed by atoms with Gasteiger partial charge in [0.05, 0.1) is 10.7 Å². The van der Waals surface area contributed by atoms with Gasteiger partial charge >= 0.3 is 0 Å². The first-order valence-corrected chi connectivity index (χ1v) is 11.5. The highest BCUT2D eigenvalue weighted by Crippen LogP contribution is 2.52. The summed E-state index contributed by atoms with van der Waals surface area (Å²) in [6.07, 6.45) is 6.48. The number of nitrogens with one attached hydrogen (secondary N) is 1. The number of rotatable bonds is 5. The molecule has 2 aliphatic carbocycles. The SMILES string of the molecule is Cc1nc(CN2CCC3(CC2)CC(CC(=O)NC2CC2)c2ccccc23)cs1. The van der Waals surface area contributed by atoms with E-state index in [4.69, 9.17) is 0 Å². The number of carbonyl (C=O) groups is 1. The van der Waals surface area contributed by atoms with E-state index >= 15 is 0 Å². The van der Waals surface area contributed by atoms with Gasteiger partial charge in [-0.2, -0.15) is 0 Å². The second kappa shape index (κ2) is 7.27. The fourth-order valence-corrected chi connectivity index (χ4v) is 5.87. The van der Waals surface area contributed by atoms with Gasteiger partial charge in [-0.1, -0.05) is 24.3 Å². The monoisotopic (exact) mass is 395 g/mol. The molecule has 4 nitrogen and oxygen atoms in total. The van der Waals surface area contributed by atoms with Crippen molar-refractivity contribution in [3.05, 3.63) is 51.5 Å². The van der Waals surface area contributed by atoms with Gasteiger partial charge in [-0.05, 0) is 74.6 Å². The number of amides is 1. The molecular formula is C23H29N3OS. The minimum atomic E-state index is 0.246. The van der Waals surface area contributed by atoms with Gasteiger partial charge < -0.3 is 5.32 Å². The molecule has 1 aliphatic heterocycles. The van der Waals surface area contributed by atoms with E-state index < -0.39 is 0 Å². The molecule has 1 spiro atoms. The zero-order valence-corrected chi connectivity index (χ0v) is 17.4. The van der Waals surface area contributed by atoms with Crippen LogP contribution in [0.4, 0.5) is 0 Å². The Hall–Kier alpha value is -1.72. The topological polar surface area (TPSA) is 45.2 Å². The number of hydrogen-bond acceptors (Lipinski definition) is 4. The summed E-state index contributed by atoms with van der Waals surface area (Å²) < 4.78 is 0. The van der Waals surface area contributed by atoms with Crippen LogP contribution in [0.1, 0.15) is 66.3 Å². The minimum absolute atomic E-state index is 0.246. The van der Waals surface area contributed by atoms with E-state index in [1.807, 2.05) is 0 Å². The molecule has 1 aromatic heterocycles. The van der Waals surface area contributed by atoms with Crippen LogP contribution in [0.3, 0.4) is 0 Å². The lowest BCUT2D eigenvalue weighted by atomic mass is 9.73. The molecule has 1 amide bonds. The molecule has 28 heavy (non-hydrogen) atoms. The molecule has 1 saturated heterocycles. The standard InChI is InChI=1S/C23H29N3OS/c1-16-24-19(15-28-16)14-26-10-8-23(9-11-26)13-17(12-22(27)25-18-6-7-18)20-4-2-3-5-21(20)23/h2-5,15,17-18H,6-14H2,1H3,(H,25,27). The van der Waals surface area contributed by atoms with Gasteiger partial charge in [-0.3, -0.25) is 9.69 Å². The number of hydrogen-bond donors (Lipinski definition) is 1. The van der Waals surface area contributed by atoms with Crippen LogP contribution >= 0.6 is 11.3 Å². The van der Waals surface area contributed by atoms with Crippen molar-refractivity contribution in [2.75, 3.05) is 13.1 Å². The second-order valence-corrected chi connectivity index (χ2v) is 10.0. The molecule has 1 saturated carbocycles. The summed E-state index contributed by atoms with van der Waals surface area (Å²) in [5.74, 6) is 0.624. The molecule has 3 aliphatic rings. The van der Waals surface area contributed by atoms with Gasteiger partial charge in [0.25, 0.3) is 0 Å². The first-order chi connectivity index (χ1) is 13.6. The van der Waals surface area contributed by atoms with Crippen LogP contribution in [0.2, 0.25) is 0 Å². The van der Waals surface area contributed by atoms with Gasteiger partial charge in [0, 0.05) is 24.4 Å². The summed E-state index contributed by atoms with van der Waals surface area (Å²) >= 11 is 1.74. The van der Waals surface area contributed by atoms with Crippen molar-refractivity contribution in [2.45, 2.75) is 69.4 Å². The summed E-state index contributed by atoms with van der Waals surface area (Å²) in [5, 5.41) is 6.53. The van der Waals surface area contributed by atoms with Gasteiger partial charge in [-0.15, -0.1) is 11.3 Å². The number of nitrogens with zero attached hydrogens (tertiary/aromatic N) is 2. The number of aryl methyl sites for hydroxylation is 1. The van der Waals surface area contributed by atoms with Gasteiger partial charge in [-0.25, -0.2) is 4.98 Å². The molecule has 1 N–H and O–H groups in total. The highest BCUT2D eigenvalue weighted by atomic mass is 32.1. The molecule has 5 rings (SSSR count). The van der Waals surface area contributed by atoms with Crippen LogP contribution in [0.25, 0.3) is 0 Å². The Labute approximate surface area is 171 Å². The van der Waals surface area contributed by atoms with Crippen LogP contribution in [0, 0.1) is 6.92 Å². The van der Waals surface area contributed by atoms with Gasteiger partial charge in [0.15, 0.2) is 0 Å². The number of benzene rings is 1. The van der Waals surface area contributed by atoms with Crippen LogP contribution in [0.5, 0.6) is 0 Å². The van der Waals surface area contributed by atoms with E-state index in [9.17, 15) is 4.79 Å². The lowest BCUT2D eigenvalue weighted by molar-refractivity contribution is -0.121. The Balaban J connectivity index is 1.28. The number of aromatic nitrogens is 1. The zero-order chi connectivity index (χ0) is 19.1. The van der Waals surface area contributed by atoms with Crippen molar-refractivity contribution >= 4 is 17.2 Å². The lowest BCUT2D eigenvalue weighted by Gasteiger charge is -2.40. The molecule has 2 aromatic rings. The van der Waals surface area contributed by atoms with E-state index in [1.54, 1.807) is 11.3 Å². The molecule has 0 radical (unpaired) electrons. The average Bonchev–Trinajstić information content (AvgIpc) is 3.33. The third-order valence-electron chi connectivity index (χ3n) is 6.85. The van der Waals surface area contributed by atoms with Crippen LogP contribution in [-0.2, 0) is 16.8 Å². The fourth-order valence-electron chi connectivity index (χ4n) is 5.27. The molecule has 0 bridgehead atoms. The summed E-state index contributed by atoms with van der Waals surface area (Å²) in [5.41, 5.74) is 4.41. The van der Waals surface area contributed by atoms with E-state index in [0.717, 1.165) is 43.9 Å². The first-order valence-electron chi connectivity index (χ1n) is 10.6. The van der Waals surface area contributed by atoms with Gasteiger partial charge in [0.2, 0.25) is 5.91 Å². The van der Waals surface area contributed by atoms with E-state index in [0.29, 0.717) is 18.4 Å². The molecule has 148 valence electrons. The maximum absolute atomic E-state index is 12.5. The van der Waals surface area contributed by atoms with Crippen molar-refractivity contribution in [1.29, 1.82) is 0 Å². The number of thiazole rings is 1. The molecule has 1 unspecified atom stereocenters. The normalized spacial score (nSPS) is 23.7. The summed E-state index contributed by atoms with van der Waals surface area (Å²) in [7, 11) is 0. The van der Waals surface area contributed by atoms with Crippen molar-refractivity contribution in [1.82, 2.24) is 15.2 Å². The maximum atomic E-state index is 12.5. The van der Waals surface area contributed by atoms with Crippen molar-refractivity contribution in [3.63, 3.8) is 0 Å². The van der Waals surface area contributed by atoms with E-state index in [-0.39, 0.29) is 11.3 Å². The average molecular weight is 396 g/mol. The second-order valence-electron chi connectivity index (χ2n) is 8.95. The van der Waals surface area contributed by atoms with Crippen LogP contribution in [0.15, 0.2) is 29.6 Å². The highest BCUT2D eigenvalue weighted by molar-refractivity contribution is 7.09. The van der Waals surface area contributed by atoms with Crippen molar-refractivity contribution in [2.24, 2.45) is 0 Å². The number of fused-ring (bicyclic) bond motifs is 2. The molecular weight excluding hydrogens is 366 g/mol. The van der Waals surface area contributed by atoms with Crippen LogP contribution in [-0.4, -0.2) is 34.9 Å². The molecule has 1 atom stereocenters. The highest BCUT2D eigenvalue weighted by Gasteiger charge is 2.45. The van der Waals surface area contributed by atoms with E-state index in [1.165, 1.54) is 29.7 Å². The zero-order valence-electron chi connectivity index (χ0n) is 16.6. The summed E-state index contributed by atoms with van der Waals surface area (Å²) in [6.45, 7) is 5.28. The van der Waals surface area contributed by atoms with Gasteiger partial charge in [0.1, 0.15) is 0 Å². The minimum Gasteiger partial charge on any atom is -0.353 e. The van der Waals surface area contributed by atoms with Crippen LogP contribution < -0.4 is 5.32 Å². The maximum Gasteiger partial charge on any atom is 0.220 e. The fraction of sp³-hybridized carbons (Fsp3) is 0.565. The summed E-state index contributed by atoms with van der Waals surface area (Å²) in [4.78, 5) is 19.6. The Morgan fingerprint density at radius 2 is 2.07 bits per heavy atom. The Kier molecular flexibility index (Phi) is 4.76. The lowest BCUT2D eigenvalue weighted by Crippen LogP contribution is -2.41. The van der Waals surface area contributed by atoms with E-state index in [2.05, 4.69) is 51.8 Å². The van der Waals surface area contributed by atoms with Crippen molar-refractivity contribution < 1.29 is 4.79 Å². The predicted octanol–water partition coefficient (Wildman–Crippen LogP) is 4.14. The molecule has 5 heteroatoms. The molecule has 1 aromatic carbocycles.